The number of fused-ring (bicyclic) bond motifs is 14. The molecule has 0 atom stereocenters. The molecule has 10 nitrogen and oxygen atoms in total. The van der Waals surface area contributed by atoms with E-state index in [-0.39, 0.29) is 33.9 Å². The van der Waals surface area contributed by atoms with Gasteiger partial charge in [0.25, 0.3) is 0 Å². The predicted molar refractivity (Wildman–Crippen MR) is 413 cm³/mol. The third-order valence-corrected chi connectivity index (χ3v) is 27.0. The van der Waals surface area contributed by atoms with Crippen molar-refractivity contribution in [2.24, 2.45) is 0 Å². The minimum Gasteiger partial charge on any atom is -0.289 e. The quantitative estimate of drug-likeness (QED) is 0.105. The Labute approximate surface area is 608 Å². The van der Waals surface area contributed by atoms with Crippen LogP contribution < -0.4 is 0 Å². The molecule has 0 saturated carbocycles. The molecule has 0 amide bonds. The molecule has 0 N–H and O–H groups in total. The first-order valence-electron chi connectivity index (χ1n) is 32.8. The summed E-state index contributed by atoms with van der Waals surface area (Å²) in [6.07, 6.45) is 3.40. The summed E-state index contributed by atoms with van der Waals surface area (Å²) in [6.45, 7) is 8.59. The average molecular weight is 1420 g/mol. The summed E-state index contributed by atoms with van der Waals surface area (Å²) in [6, 6.07) is 77.7. The van der Waals surface area contributed by atoms with Gasteiger partial charge < -0.3 is 0 Å². The number of ketones is 2. The van der Waals surface area contributed by atoms with Crippen LogP contribution in [0.1, 0.15) is 109 Å². The van der Waals surface area contributed by atoms with Crippen LogP contribution in [0.2, 0.25) is 0 Å². The van der Waals surface area contributed by atoms with Gasteiger partial charge in [-0.1, -0.05) is 237 Å². The number of nitriles is 4. The number of Topliss-reactive ketones (excluding diaryl/α,β-unsaturated/α-hetero) is 2. The van der Waals surface area contributed by atoms with Gasteiger partial charge in [-0.3, -0.25) is 9.59 Å². The lowest BCUT2D eigenvalue weighted by Crippen LogP contribution is -2.30. The number of aryl methyl sites for hydroxylation is 4. The zero-order valence-corrected chi connectivity index (χ0v) is 59.4. The fourth-order valence-corrected chi connectivity index (χ4v) is 22.4. The smallest absolute Gasteiger partial charge is 0.194 e. The molecule has 19 rings (SSSR count). The third-order valence-electron chi connectivity index (χ3n) is 20.4. The summed E-state index contributed by atoms with van der Waals surface area (Å²) in [5, 5.41) is 45.1. The zero-order chi connectivity index (χ0) is 69.2. The van der Waals surface area contributed by atoms with Crippen molar-refractivity contribution in [3.8, 4) is 66.3 Å². The van der Waals surface area contributed by atoms with E-state index < -0.39 is 10.8 Å². The lowest BCUT2D eigenvalue weighted by atomic mass is 9.65. The average Bonchev–Trinajstić information content (AvgIpc) is 1.50. The Morgan fingerprint density at radius 2 is 0.696 bits per heavy atom. The van der Waals surface area contributed by atoms with Gasteiger partial charge in [0.2, 0.25) is 0 Å². The number of benzene rings is 9. The van der Waals surface area contributed by atoms with Gasteiger partial charge in [-0.2, -0.15) is 21.0 Å². The van der Waals surface area contributed by atoms with Crippen LogP contribution in [-0.4, -0.2) is 31.5 Å². The van der Waals surface area contributed by atoms with Gasteiger partial charge in [0.05, 0.1) is 20.6 Å². The number of hydrogen-bond donors (Lipinski definition) is 0. The molecule has 0 fully saturated rings. The standard InChI is InChI=1S/C86H46N8O2S6/c1-43-13-23-51(24-14-43)85(52-25-15-44(2)16-26-52)63-31-21-47-33-67(79-93-83-81(101-79)91-69(99-83)37-61-71(49(39-87)40-88)55-9-5-7-11-57(55)75(61)95)97-77(47)73(63)59-36-66-60(35-65(59)85)74-64(86(66,53-27-17-45(3)18-28-53)54-29-19-46(4)20-30-54)32-22-48-34-68(98-78(48)74)80-94-84-82(102-80)92-70(100-84)38-62-72(50(41-89)42-90)56-10-6-8-12-58(56)76(62)96/h5-38H,1-4H3/b61-37-,62-38-. The minimum absolute atomic E-state index is 0.121. The number of carbonyl (C=O) groups is 2. The number of hydrogen-bond acceptors (Lipinski definition) is 16. The minimum atomic E-state index is -0.793. The first-order valence-corrected chi connectivity index (χ1v) is 37.7. The van der Waals surface area contributed by atoms with Crippen molar-refractivity contribution in [1.29, 1.82) is 21.0 Å². The molecule has 0 radical (unpaired) electrons. The van der Waals surface area contributed by atoms with Crippen molar-refractivity contribution >= 4 is 142 Å². The summed E-state index contributed by atoms with van der Waals surface area (Å²) < 4.78 is 2.30. The van der Waals surface area contributed by atoms with Crippen molar-refractivity contribution in [2.45, 2.75) is 38.5 Å². The Morgan fingerprint density at radius 1 is 0.363 bits per heavy atom. The van der Waals surface area contributed by atoms with E-state index in [0.717, 1.165) is 92.6 Å². The maximum absolute atomic E-state index is 13.9. The summed E-state index contributed by atoms with van der Waals surface area (Å²) in [5.41, 5.74) is 20.2. The Bertz CT molecular complexity index is 6040. The SMILES string of the molecule is Cc1ccc(C2(c3ccc(C)cc3)c3cc4c(cc3-c3c2ccc2cc(-c5nc6sc(/C=C7\C(=O)c8ccccc8C7=C(C#N)C#N)nc6s5)sc32)C(c2ccc(C)cc2)(c2ccc(C)cc2)c2ccc3cc(-c5nc6sc(/C=C7\C(=O)c8ccccc8C7=C(C#N)C#N)nc6s5)sc3c2-4)cc1. The number of rotatable bonds is 8. The highest BCUT2D eigenvalue weighted by atomic mass is 32.1. The number of thiophene rings is 2. The predicted octanol–water partition coefficient (Wildman–Crippen LogP) is 21.7. The molecule has 0 bridgehead atoms. The molecule has 16 heteroatoms. The lowest BCUT2D eigenvalue weighted by Gasteiger charge is -2.35. The van der Waals surface area contributed by atoms with E-state index in [9.17, 15) is 30.6 Å². The van der Waals surface area contributed by atoms with Crippen LogP contribution in [0.5, 0.6) is 0 Å². The van der Waals surface area contributed by atoms with Crippen molar-refractivity contribution in [2.75, 3.05) is 0 Å². The van der Waals surface area contributed by atoms with E-state index in [1.807, 2.05) is 24.3 Å². The second-order valence-corrected chi connectivity index (χ2v) is 32.2. The van der Waals surface area contributed by atoms with Crippen molar-refractivity contribution < 1.29 is 9.59 Å². The van der Waals surface area contributed by atoms with Crippen LogP contribution in [0, 0.1) is 73.0 Å². The molecule has 6 heterocycles. The molecule has 4 aliphatic carbocycles. The molecule has 102 heavy (non-hydrogen) atoms. The molecular formula is C86H46N8O2S6. The second-order valence-electron chi connectivity index (χ2n) is 26.1. The number of thiazole rings is 4. The van der Waals surface area contributed by atoms with Gasteiger partial charge in [0.1, 0.15) is 55.5 Å². The highest BCUT2D eigenvalue weighted by Crippen LogP contribution is 2.66. The van der Waals surface area contributed by atoms with E-state index in [1.54, 1.807) is 83.4 Å². The van der Waals surface area contributed by atoms with Crippen molar-refractivity contribution in [3.05, 3.63) is 315 Å². The van der Waals surface area contributed by atoms with Crippen LogP contribution in [0.15, 0.2) is 216 Å². The lowest BCUT2D eigenvalue weighted by molar-refractivity contribution is 0.103. The van der Waals surface area contributed by atoms with Crippen molar-refractivity contribution in [1.82, 2.24) is 19.9 Å². The van der Waals surface area contributed by atoms with E-state index in [0.29, 0.717) is 43.4 Å². The molecule has 0 spiro atoms. The van der Waals surface area contributed by atoms with Gasteiger partial charge in [-0.25, -0.2) is 19.9 Å². The van der Waals surface area contributed by atoms with Crippen LogP contribution in [0.4, 0.5) is 0 Å². The van der Waals surface area contributed by atoms with E-state index in [2.05, 4.69) is 173 Å². The van der Waals surface area contributed by atoms with Crippen molar-refractivity contribution in [3.63, 3.8) is 0 Å². The van der Waals surface area contributed by atoms with E-state index >= 15 is 0 Å². The molecule has 0 unspecified atom stereocenters. The molecule has 4 aliphatic rings. The van der Waals surface area contributed by atoms with Crippen LogP contribution in [-0.2, 0) is 10.8 Å². The third kappa shape index (κ3) is 8.79. The zero-order valence-electron chi connectivity index (χ0n) is 54.5. The van der Waals surface area contributed by atoms with Crippen LogP contribution in [0.25, 0.3) is 105 Å². The summed E-state index contributed by atoms with van der Waals surface area (Å²) in [5.74, 6) is -0.503. The van der Waals surface area contributed by atoms with Gasteiger partial charge in [-0.05, 0) is 142 Å². The Balaban J connectivity index is 0.812. The molecule has 0 aliphatic heterocycles. The Hall–Kier alpha value is -11.8. The largest absolute Gasteiger partial charge is 0.289 e. The van der Waals surface area contributed by atoms with Crippen LogP contribution >= 0.6 is 68.0 Å². The topological polar surface area (TPSA) is 181 Å². The normalized spacial score (nSPS) is 15.0. The Kier molecular flexibility index (Phi) is 13.7. The maximum atomic E-state index is 13.9. The second kappa shape index (κ2) is 22.9. The van der Waals surface area contributed by atoms with E-state index in [4.69, 9.17) is 19.9 Å². The molecule has 478 valence electrons. The Morgan fingerprint density at radius 3 is 1.03 bits per heavy atom. The first-order chi connectivity index (χ1) is 49.8. The first kappa shape index (κ1) is 61.3. The molecule has 9 aromatic carbocycles. The number of aromatic nitrogens is 4. The molecule has 6 aromatic heterocycles. The maximum Gasteiger partial charge on any atom is 0.194 e. The summed E-state index contributed by atoms with van der Waals surface area (Å²) in [4.78, 5) is 53.4. The summed E-state index contributed by atoms with van der Waals surface area (Å²) in [7, 11) is 0. The fraction of sp³-hybridized carbons (Fsp3) is 0.0698. The highest BCUT2D eigenvalue weighted by molar-refractivity contribution is 7.32. The molecule has 0 saturated heterocycles. The van der Waals surface area contributed by atoms with Gasteiger partial charge in [-0.15, -0.1) is 22.7 Å². The number of allylic oxidation sites excluding steroid dienone is 6. The highest BCUT2D eigenvalue weighted by Gasteiger charge is 2.53. The van der Waals surface area contributed by atoms with E-state index in [1.165, 1.54) is 101 Å². The number of carbonyl (C=O) groups excluding carboxylic acids is 2. The van der Waals surface area contributed by atoms with Gasteiger partial charge in [0, 0.05) is 53.9 Å². The van der Waals surface area contributed by atoms with Crippen LogP contribution in [0.3, 0.4) is 0 Å². The monoisotopic (exact) mass is 1410 g/mol. The van der Waals surface area contributed by atoms with Gasteiger partial charge >= 0.3 is 0 Å². The number of nitrogens with zero attached hydrogens (tertiary/aromatic N) is 8. The molecular weight excluding hydrogens is 1370 g/mol. The molecule has 15 aromatic rings. The summed E-state index contributed by atoms with van der Waals surface area (Å²) >= 11 is 9.28. The van der Waals surface area contributed by atoms with Gasteiger partial charge in [0.15, 0.2) is 30.9 Å². The fourth-order valence-electron chi connectivity index (χ4n) is 15.9.